The average Bonchev–Trinajstić information content (AvgIpc) is 2.72. The maximum Gasteiger partial charge on any atom is 0.416 e. The smallest absolute Gasteiger partial charge is 0.416 e. The molecule has 0 bridgehead atoms. The molecule has 0 heterocycles. The highest BCUT2D eigenvalue weighted by Gasteiger charge is 2.29. The maximum absolute atomic E-state index is 12.7. The minimum atomic E-state index is -4.33. The van der Waals surface area contributed by atoms with Gasteiger partial charge in [0.1, 0.15) is 5.75 Å². The molecule has 1 N–H and O–H groups in total. The second-order valence-electron chi connectivity index (χ2n) is 6.85. The second-order valence-corrected chi connectivity index (χ2v) is 8.76. The Morgan fingerprint density at radius 3 is 2.45 bits per heavy atom. The number of benzene rings is 2. The lowest BCUT2D eigenvalue weighted by Crippen LogP contribution is -2.17. The summed E-state index contributed by atoms with van der Waals surface area (Å²) in [6.07, 6.45) is -1.12. The molecule has 1 unspecified atom stereocenters. The van der Waals surface area contributed by atoms with E-state index in [0.29, 0.717) is 30.3 Å². The second kappa shape index (κ2) is 12.3. The minimum absolute atomic E-state index is 0.0528. The molecule has 31 heavy (non-hydrogen) atoms. The highest BCUT2D eigenvalue weighted by Crippen LogP contribution is 2.30. The van der Waals surface area contributed by atoms with Crippen molar-refractivity contribution in [1.82, 2.24) is 0 Å². The summed E-state index contributed by atoms with van der Waals surface area (Å²) in [7, 11) is 0. The van der Waals surface area contributed by atoms with Crippen molar-refractivity contribution in [3.63, 3.8) is 0 Å². The summed E-state index contributed by atoms with van der Waals surface area (Å²) in [4.78, 5) is 11.7. The van der Waals surface area contributed by atoms with Crippen LogP contribution in [-0.4, -0.2) is 41.7 Å². The van der Waals surface area contributed by atoms with Crippen molar-refractivity contribution >= 4 is 29.5 Å². The number of carboxylic acids is 1. The number of thioether (sulfide) groups is 2. The zero-order valence-electron chi connectivity index (χ0n) is 17.3. The monoisotopic (exact) mass is 474 g/mol. The van der Waals surface area contributed by atoms with Crippen molar-refractivity contribution in [1.29, 1.82) is 0 Å². The van der Waals surface area contributed by atoms with E-state index in [0.717, 1.165) is 28.2 Å². The molecule has 0 aliphatic heterocycles. The number of hydrogen-bond donors (Lipinski definition) is 1. The SMILES string of the molecule is CSCOC(CCc1ccc(C(F)(F)F)cc1)CSc1ccc(OCC(=O)O)c(C)c1. The summed E-state index contributed by atoms with van der Waals surface area (Å²) in [5.74, 6) is 0.735. The van der Waals surface area contributed by atoms with Gasteiger partial charge in [0.15, 0.2) is 6.61 Å². The molecule has 2 aromatic carbocycles. The molecule has 0 radical (unpaired) electrons. The molecule has 4 nitrogen and oxygen atoms in total. The van der Waals surface area contributed by atoms with E-state index in [1.54, 1.807) is 29.6 Å². The van der Waals surface area contributed by atoms with Crippen LogP contribution in [0.25, 0.3) is 0 Å². The summed E-state index contributed by atoms with van der Waals surface area (Å²) in [5, 5.41) is 8.72. The molecule has 0 fully saturated rings. The van der Waals surface area contributed by atoms with Gasteiger partial charge < -0.3 is 14.6 Å². The number of ether oxygens (including phenoxy) is 2. The first kappa shape index (κ1) is 25.4. The van der Waals surface area contributed by atoms with Crippen molar-refractivity contribution in [2.45, 2.75) is 36.9 Å². The van der Waals surface area contributed by atoms with E-state index in [4.69, 9.17) is 14.6 Å². The Morgan fingerprint density at radius 1 is 1.16 bits per heavy atom. The van der Waals surface area contributed by atoms with Gasteiger partial charge in [-0.15, -0.1) is 23.5 Å². The van der Waals surface area contributed by atoms with Crippen LogP contribution in [0.3, 0.4) is 0 Å². The Hall–Kier alpha value is -1.84. The third-order valence-electron chi connectivity index (χ3n) is 4.39. The molecule has 0 aliphatic carbocycles. The van der Waals surface area contributed by atoms with Crippen LogP contribution in [0.15, 0.2) is 47.4 Å². The third kappa shape index (κ3) is 9.04. The molecule has 0 saturated heterocycles. The Morgan fingerprint density at radius 2 is 1.87 bits per heavy atom. The first-order valence-corrected chi connectivity index (χ1v) is 11.9. The molecule has 2 aromatic rings. The van der Waals surface area contributed by atoms with Crippen LogP contribution in [0, 0.1) is 6.92 Å². The normalized spacial score (nSPS) is 12.5. The van der Waals surface area contributed by atoms with Crippen LogP contribution < -0.4 is 4.74 Å². The Bertz CT molecular complexity index is 842. The standard InChI is InChI=1S/C22H25F3O4S2/c1-15-11-19(9-10-20(15)28-12-21(26)27)31-13-18(29-14-30-2)8-5-16-3-6-17(7-4-16)22(23,24)25/h3-4,6-7,9-11,18H,5,8,12-14H2,1-2H3,(H,26,27). The van der Waals surface area contributed by atoms with Gasteiger partial charge in [0, 0.05) is 10.6 Å². The average molecular weight is 475 g/mol. The highest BCUT2D eigenvalue weighted by molar-refractivity contribution is 7.99. The molecule has 0 aromatic heterocycles. The topological polar surface area (TPSA) is 55.8 Å². The number of halogens is 3. The number of rotatable bonds is 12. The fraction of sp³-hybridized carbons (Fsp3) is 0.409. The van der Waals surface area contributed by atoms with Crippen LogP contribution in [0.2, 0.25) is 0 Å². The molecule has 2 rings (SSSR count). The van der Waals surface area contributed by atoms with Crippen LogP contribution >= 0.6 is 23.5 Å². The van der Waals surface area contributed by atoms with Gasteiger partial charge in [-0.1, -0.05) is 12.1 Å². The maximum atomic E-state index is 12.7. The van der Waals surface area contributed by atoms with Gasteiger partial charge in [-0.25, -0.2) is 4.79 Å². The summed E-state index contributed by atoms with van der Waals surface area (Å²) < 4.78 is 49.3. The quantitative estimate of drug-likeness (QED) is 0.305. The fourth-order valence-corrected chi connectivity index (χ4v) is 4.16. The largest absolute Gasteiger partial charge is 0.482 e. The van der Waals surface area contributed by atoms with Crippen molar-refractivity contribution < 1.29 is 32.5 Å². The van der Waals surface area contributed by atoms with Gasteiger partial charge in [0.25, 0.3) is 0 Å². The van der Waals surface area contributed by atoms with Crippen LogP contribution in [0.5, 0.6) is 5.75 Å². The zero-order valence-corrected chi connectivity index (χ0v) is 18.9. The summed E-state index contributed by atoms with van der Waals surface area (Å²) >= 11 is 3.18. The lowest BCUT2D eigenvalue weighted by Gasteiger charge is -2.18. The molecule has 0 spiro atoms. The van der Waals surface area contributed by atoms with Crippen LogP contribution in [-0.2, 0) is 22.1 Å². The molecule has 0 amide bonds. The number of alkyl halides is 3. The predicted molar refractivity (Wildman–Crippen MR) is 118 cm³/mol. The van der Waals surface area contributed by atoms with Crippen molar-refractivity contribution in [3.8, 4) is 5.75 Å². The number of aliphatic carboxylic acids is 1. The molecule has 170 valence electrons. The summed E-state index contributed by atoms with van der Waals surface area (Å²) in [6, 6.07) is 10.8. The van der Waals surface area contributed by atoms with Crippen molar-refractivity contribution in [2.24, 2.45) is 0 Å². The fourth-order valence-electron chi connectivity index (χ4n) is 2.77. The Balaban J connectivity index is 1.92. The summed E-state index contributed by atoms with van der Waals surface area (Å²) in [6.45, 7) is 1.47. The van der Waals surface area contributed by atoms with E-state index in [1.807, 2.05) is 25.3 Å². The van der Waals surface area contributed by atoms with Crippen molar-refractivity contribution in [2.75, 3.05) is 24.6 Å². The summed E-state index contributed by atoms with van der Waals surface area (Å²) in [5.41, 5.74) is 1.04. The van der Waals surface area contributed by atoms with E-state index >= 15 is 0 Å². The third-order valence-corrected chi connectivity index (χ3v) is 5.89. The molecule has 1 atom stereocenters. The van der Waals surface area contributed by atoms with Gasteiger partial charge in [0.2, 0.25) is 0 Å². The number of carboxylic acid groups (broad SMARTS) is 1. The van der Waals surface area contributed by atoms with Gasteiger partial charge in [-0.2, -0.15) is 13.2 Å². The molecular formula is C22H25F3O4S2. The molecule has 0 aliphatic rings. The van der Waals surface area contributed by atoms with E-state index in [2.05, 4.69) is 0 Å². The van der Waals surface area contributed by atoms with Crippen molar-refractivity contribution in [3.05, 3.63) is 59.2 Å². The van der Waals surface area contributed by atoms with Crippen LogP contribution in [0.4, 0.5) is 13.2 Å². The lowest BCUT2D eigenvalue weighted by molar-refractivity contribution is -0.139. The first-order chi connectivity index (χ1) is 14.7. The highest BCUT2D eigenvalue weighted by atomic mass is 32.2. The van der Waals surface area contributed by atoms with Gasteiger partial charge in [0.05, 0.1) is 17.6 Å². The Labute approximate surface area is 188 Å². The molecular weight excluding hydrogens is 449 g/mol. The number of aryl methyl sites for hydroxylation is 2. The van der Waals surface area contributed by atoms with E-state index < -0.39 is 17.7 Å². The predicted octanol–water partition coefficient (Wildman–Crippen LogP) is 5.91. The van der Waals surface area contributed by atoms with Gasteiger partial charge in [-0.05, 0) is 67.5 Å². The van der Waals surface area contributed by atoms with Gasteiger partial charge >= 0.3 is 12.1 Å². The van der Waals surface area contributed by atoms with Crippen LogP contribution in [0.1, 0.15) is 23.1 Å². The minimum Gasteiger partial charge on any atom is -0.482 e. The zero-order chi connectivity index (χ0) is 22.9. The first-order valence-electron chi connectivity index (χ1n) is 9.53. The van der Waals surface area contributed by atoms with E-state index in [1.165, 1.54) is 12.1 Å². The Kier molecular flexibility index (Phi) is 10.1. The van der Waals surface area contributed by atoms with E-state index in [-0.39, 0.29) is 12.7 Å². The molecule has 0 saturated carbocycles. The molecule has 9 heteroatoms. The number of hydrogen-bond acceptors (Lipinski definition) is 5. The lowest BCUT2D eigenvalue weighted by atomic mass is 10.1. The number of carbonyl (C=O) groups is 1. The van der Waals surface area contributed by atoms with E-state index in [9.17, 15) is 18.0 Å². The van der Waals surface area contributed by atoms with Gasteiger partial charge in [-0.3, -0.25) is 0 Å².